The van der Waals surface area contributed by atoms with Crippen molar-refractivity contribution in [2.45, 2.75) is 20.3 Å². The van der Waals surface area contributed by atoms with Gasteiger partial charge >= 0.3 is 0 Å². The Kier molecular flexibility index (Phi) is 3.88. The molecule has 2 N–H and O–H groups in total. The number of carbonyl (C=O) groups is 1. The molecule has 0 fully saturated rings. The molecule has 4 nitrogen and oxygen atoms in total. The molecule has 1 atom stereocenters. The number of aryl methyl sites for hydroxylation is 2. The number of nitrogens with zero attached hydrogens (tertiary/aromatic N) is 2. The standard InChI is InChI=1S/C10H16ClN3O/c1-6(5-12)9(15)4-8-10(11)7(2)13-14(8)3/h6H,4-5,12H2,1-3H3. The smallest absolute Gasteiger partial charge is 0.142 e. The van der Waals surface area contributed by atoms with Crippen LogP contribution in [-0.2, 0) is 18.3 Å². The first kappa shape index (κ1) is 12.2. The summed E-state index contributed by atoms with van der Waals surface area (Å²) in [7, 11) is 1.79. The highest BCUT2D eigenvalue weighted by Gasteiger charge is 2.17. The Morgan fingerprint density at radius 1 is 1.67 bits per heavy atom. The molecule has 0 saturated heterocycles. The van der Waals surface area contributed by atoms with Gasteiger partial charge in [-0.1, -0.05) is 18.5 Å². The van der Waals surface area contributed by atoms with Crippen molar-refractivity contribution in [1.82, 2.24) is 9.78 Å². The minimum Gasteiger partial charge on any atom is -0.330 e. The second-order valence-electron chi connectivity index (χ2n) is 3.75. The van der Waals surface area contributed by atoms with Crippen LogP contribution in [0.3, 0.4) is 0 Å². The van der Waals surface area contributed by atoms with Gasteiger partial charge in [0, 0.05) is 19.5 Å². The lowest BCUT2D eigenvalue weighted by Gasteiger charge is -2.07. The van der Waals surface area contributed by atoms with E-state index in [0.29, 0.717) is 18.0 Å². The zero-order chi connectivity index (χ0) is 11.6. The molecule has 0 aliphatic carbocycles. The summed E-state index contributed by atoms with van der Waals surface area (Å²) >= 11 is 6.04. The van der Waals surface area contributed by atoms with Crippen LogP contribution in [0, 0.1) is 12.8 Å². The Labute approximate surface area is 94.4 Å². The summed E-state index contributed by atoms with van der Waals surface area (Å²) in [5.41, 5.74) is 6.95. The van der Waals surface area contributed by atoms with Crippen LogP contribution in [0.4, 0.5) is 0 Å². The molecule has 1 aromatic heterocycles. The van der Waals surface area contributed by atoms with Crippen molar-refractivity contribution >= 4 is 17.4 Å². The van der Waals surface area contributed by atoms with Crippen molar-refractivity contribution in [2.24, 2.45) is 18.7 Å². The first-order chi connectivity index (χ1) is 6.97. The minimum absolute atomic E-state index is 0.0994. The van der Waals surface area contributed by atoms with E-state index in [1.54, 1.807) is 11.7 Å². The van der Waals surface area contributed by atoms with Crippen molar-refractivity contribution in [3.8, 4) is 0 Å². The normalized spacial score (nSPS) is 12.9. The Morgan fingerprint density at radius 3 is 2.67 bits per heavy atom. The van der Waals surface area contributed by atoms with Gasteiger partial charge in [0.25, 0.3) is 0 Å². The quantitative estimate of drug-likeness (QED) is 0.841. The van der Waals surface area contributed by atoms with Crippen LogP contribution in [0.25, 0.3) is 0 Å². The molecule has 1 heterocycles. The molecule has 0 bridgehead atoms. The number of hydrogen-bond donors (Lipinski definition) is 1. The summed E-state index contributed by atoms with van der Waals surface area (Å²) in [6.45, 7) is 4.01. The Balaban J connectivity index is 2.85. The van der Waals surface area contributed by atoms with E-state index in [9.17, 15) is 4.79 Å². The molecule has 0 aromatic carbocycles. The monoisotopic (exact) mass is 229 g/mol. The second kappa shape index (κ2) is 4.77. The van der Waals surface area contributed by atoms with Crippen LogP contribution in [0.15, 0.2) is 0 Å². The fourth-order valence-electron chi connectivity index (χ4n) is 1.34. The molecule has 0 radical (unpaired) electrons. The first-order valence-electron chi connectivity index (χ1n) is 4.88. The van der Waals surface area contributed by atoms with Gasteiger partial charge in [0.1, 0.15) is 5.78 Å². The SMILES string of the molecule is Cc1nn(C)c(CC(=O)C(C)CN)c1Cl. The van der Waals surface area contributed by atoms with Gasteiger partial charge in [0.2, 0.25) is 0 Å². The number of halogens is 1. The van der Waals surface area contributed by atoms with E-state index in [1.807, 2.05) is 13.8 Å². The lowest BCUT2D eigenvalue weighted by molar-refractivity contribution is -0.121. The summed E-state index contributed by atoms with van der Waals surface area (Å²) in [4.78, 5) is 11.7. The fraction of sp³-hybridized carbons (Fsp3) is 0.600. The van der Waals surface area contributed by atoms with Crippen molar-refractivity contribution in [3.05, 3.63) is 16.4 Å². The van der Waals surface area contributed by atoms with Gasteiger partial charge in [0.15, 0.2) is 0 Å². The van der Waals surface area contributed by atoms with E-state index in [-0.39, 0.29) is 11.7 Å². The zero-order valence-corrected chi connectivity index (χ0v) is 10.0. The highest BCUT2D eigenvalue weighted by atomic mass is 35.5. The topological polar surface area (TPSA) is 60.9 Å². The maximum Gasteiger partial charge on any atom is 0.142 e. The van der Waals surface area contributed by atoms with Gasteiger partial charge in [-0.05, 0) is 6.92 Å². The number of nitrogens with two attached hydrogens (primary N) is 1. The van der Waals surface area contributed by atoms with Crippen molar-refractivity contribution in [2.75, 3.05) is 6.54 Å². The number of carbonyl (C=O) groups excluding carboxylic acids is 1. The molecule has 15 heavy (non-hydrogen) atoms. The molecule has 1 rings (SSSR count). The molecule has 0 aliphatic heterocycles. The molecule has 0 amide bonds. The second-order valence-corrected chi connectivity index (χ2v) is 4.13. The van der Waals surface area contributed by atoms with Gasteiger partial charge in [-0.15, -0.1) is 0 Å². The Bertz CT molecular complexity index is 373. The molecule has 1 aromatic rings. The van der Waals surface area contributed by atoms with E-state index in [0.717, 1.165) is 11.4 Å². The van der Waals surface area contributed by atoms with Crippen LogP contribution >= 0.6 is 11.6 Å². The molecule has 1 unspecified atom stereocenters. The Hall–Kier alpha value is -0.870. The van der Waals surface area contributed by atoms with Crippen LogP contribution in [0.2, 0.25) is 5.02 Å². The maximum absolute atomic E-state index is 11.7. The summed E-state index contributed by atoms with van der Waals surface area (Å²) in [6, 6.07) is 0. The van der Waals surface area contributed by atoms with Crippen molar-refractivity contribution < 1.29 is 4.79 Å². The third-order valence-electron chi connectivity index (χ3n) is 2.51. The number of ketones is 1. The van der Waals surface area contributed by atoms with E-state index in [1.165, 1.54) is 0 Å². The lowest BCUT2D eigenvalue weighted by atomic mass is 10.0. The average molecular weight is 230 g/mol. The third-order valence-corrected chi connectivity index (χ3v) is 3.00. The van der Waals surface area contributed by atoms with Gasteiger partial charge in [-0.25, -0.2) is 0 Å². The van der Waals surface area contributed by atoms with E-state index in [2.05, 4.69) is 5.10 Å². The van der Waals surface area contributed by atoms with Crippen LogP contribution in [-0.4, -0.2) is 22.1 Å². The highest BCUT2D eigenvalue weighted by Crippen LogP contribution is 2.20. The molecule has 0 saturated carbocycles. The van der Waals surface area contributed by atoms with Gasteiger partial charge in [-0.2, -0.15) is 5.10 Å². The Morgan fingerprint density at radius 2 is 2.27 bits per heavy atom. The molecule has 5 heteroatoms. The maximum atomic E-state index is 11.7. The molecule has 0 spiro atoms. The van der Waals surface area contributed by atoms with Gasteiger partial charge < -0.3 is 5.73 Å². The van der Waals surface area contributed by atoms with Crippen molar-refractivity contribution in [3.63, 3.8) is 0 Å². The van der Waals surface area contributed by atoms with Crippen LogP contribution < -0.4 is 5.73 Å². The summed E-state index contributed by atoms with van der Waals surface area (Å²) < 4.78 is 1.65. The minimum atomic E-state index is -0.128. The number of rotatable bonds is 4. The van der Waals surface area contributed by atoms with Gasteiger partial charge in [0.05, 0.1) is 22.8 Å². The zero-order valence-electron chi connectivity index (χ0n) is 9.25. The largest absolute Gasteiger partial charge is 0.330 e. The van der Waals surface area contributed by atoms with Crippen LogP contribution in [0.5, 0.6) is 0 Å². The summed E-state index contributed by atoms with van der Waals surface area (Å²) in [5, 5.41) is 4.73. The fourth-order valence-corrected chi connectivity index (χ4v) is 1.57. The molecule has 0 aliphatic rings. The lowest BCUT2D eigenvalue weighted by Crippen LogP contribution is -2.23. The third kappa shape index (κ3) is 2.58. The number of Topliss-reactive ketones (excluding diaryl/α,β-unsaturated/α-hetero) is 1. The molecular weight excluding hydrogens is 214 g/mol. The predicted molar refractivity (Wildman–Crippen MR) is 59.9 cm³/mol. The predicted octanol–water partition coefficient (Wildman–Crippen LogP) is 1.09. The summed E-state index contributed by atoms with van der Waals surface area (Å²) in [6.07, 6.45) is 0.300. The van der Waals surface area contributed by atoms with Crippen molar-refractivity contribution in [1.29, 1.82) is 0 Å². The first-order valence-corrected chi connectivity index (χ1v) is 5.26. The number of aromatic nitrogens is 2. The summed E-state index contributed by atoms with van der Waals surface area (Å²) in [5.74, 6) is -0.0290. The highest BCUT2D eigenvalue weighted by molar-refractivity contribution is 6.32. The number of hydrogen-bond acceptors (Lipinski definition) is 3. The average Bonchev–Trinajstić information content (AvgIpc) is 2.43. The molecule has 84 valence electrons. The van der Waals surface area contributed by atoms with E-state index < -0.39 is 0 Å². The van der Waals surface area contributed by atoms with Crippen LogP contribution in [0.1, 0.15) is 18.3 Å². The van der Waals surface area contributed by atoms with Gasteiger partial charge in [-0.3, -0.25) is 9.48 Å². The van der Waals surface area contributed by atoms with E-state index >= 15 is 0 Å². The van der Waals surface area contributed by atoms with E-state index in [4.69, 9.17) is 17.3 Å². The molecular formula is C10H16ClN3O.